The van der Waals surface area contributed by atoms with Crippen molar-refractivity contribution in [3.8, 4) is 0 Å². The zero-order valence-corrected chi connectivity index (χ0v) is 17.3. The van der Waals surface area contributed by atoms with E-state index in [0.29, 0.717) is 28.6 Å². The van der Waals surface area contributed by atoms with Gasteiger partial charge in [-0.3, -0.25) is 14.2 Å². The first-order valence-corrected chi connectivity index (χ1v) is 9.48. The van der Waals surface area contributed by atoms with Crippen LogP contribution in [0.3, 0.4) is 0 Å². The number of nitrogens with zero attached hydrogens (tertiary/aromatic N) is 4. The van der Waals surface area contributed by atoms with Gasteiger partial charge in [0.15, 0.2) is 0 Å². The van der Waals surface area contributed by atoms with Crippen molar-refractivity contribution in [3.05, 3.63) is 63.7 Å². The Labute approximate surface area is 172 Å². The Kier molecular flexibility index (Phi) is 6.02. The number of anilines is 1. The Morgan fingerprint density at radius 2 is 1.93 bits per heavy atom. The number of aromatic nitrogens is 4. The summed E-state index contributed by atoms with van der Waals surface area (Å²) >= 11 is 6.04. The highest BCUT2D eigenvalue weighted by Crippen LogP contribution is 2.24. The molecule has 0 bridgehead atoms. The van der Waals surface area contributed by atoms with Crippen molar-refractivity contribution in [1.82, 2.24) is 19.6 Å². The van der Waals surface area contributed by atoms with Crippen molar-refractivity contribution >= 4 is 23.2 Å². The summed E-state index contributed by atoms with van der Waals surface area (Å²) in [4.78, 5) is 12.7. The van der Waals surface area contributed by atoms with E-state index in [0.717, 1.165) is 11.3 Å². The van der Waals surface area contributed by atoms with Crippen LogP contribution in [-0.4, -0.2) is 25.5 Å². The van der Waals surface area contributed by atoms with Crippen molar-refractivity contribution in [2.24, 2.45) is 0 Å². The number of halogens is 3. The second-order valence-corrected chi connectivity index (χ2v) is 7.39. The normalized spacial score (nSPS) is 12.4. The number of benzene rings is 1. The molecular formula is C20H22ClF2N5O. The number of nitrogens with one attached hydrogen (secondary N) is 1. The summed E-state index contributed by atoms with van der Waals surface area (Å²) in [6.45, 7) is 7.43. The van der Waals surface area contributed by atoms with Crippen molar-refractivity contribution in [2.45, 2.75) is 46.7 Å². The first-order valence-electron chi connectivity index (χ1n) is 9.11. The van der Waals surface area contributed by atoms with E-state index >= 15 is 0 Å². The van der Waals surface area contributed by atoms with Crippen LogP contribution in [0.1, 0.15) is 47.7 Å². The van der Waals surface area contributed by atoms with Gasteiger partial charge in [0.25, 0.3) is 6.43 Å². The molecule has 2 heterocycles. The predicted molar refractivity (Wildman–Crippen MR) is 108 cm³/mol. The maximum atomic E-state index is 12.9. The molecule has 0 spiro atoms. The lowest BCUT2D eigenvalue weighted by molar-refractivity contribution is -0.119. The average molecular weight is 422 g/mol. The highest BCUT2D eigenvalue weighted by atomic mass is 35.5. The lowest BCUT2D eigenvalue weighted by Crippen LogP contribution is -2.25. The van der Waals surface area contributed by atoms with Gasteiger partial charge in [0.05, 0.1) is 23.6 Å². The van der Waals surface area contributed by atoms with E-state index in [4.69, 9.17) is 11.6 Å². The third-order valence-corrected chi connectivity index (χ3v) is 5.00. The van der Waals surface area contributed by atoms with Gasteiger partial charge < -0.3 is 5.32 Å². The number of aryl methyl sites for hydroxylation is 2. The molecule has 29 heavy (non-hydrogen) atoms. The molecule has 9 heteroatoms. The van der Waals surface area contributed by atoms with E-state index in [9.17, 15) is 13.6 Å². The van der Waals surface area contributed by atoms with Crippen molar-refractivity contribution in [1.29, 1.82) is 0 Å². The molecule has 0 aliphatic heterocycles. The molecule has 1 unspecified atom stereocenters. The fourth-order valence-corrected chi connectivity index (χ4v) is 3.40. The van der Waals surface area contributed by atoms with Crippen molar-refractivity contribution in [2.75, 3.05) is 5.32 Å². The second kappa shape index (κ2) is 8.32. The summed E-state index contributed by atoms with van der Waals surface area (Å²) in [5, 5.41) is 11.9. The molecule has 3 aromatic rings. The Hall–Kier alpha value is -2.74. The first-order chi connectivity index (χ1) is 13.7. The molecule has 0 saturated carbocycles. The first kappa shape index (κ1) is 21.0. The Bertz CT molecular complexity index is 1040. The lowest BCUT2D eigenvalue weighted by atomic mass is 10.2. The molecule has 0 saturated heterocycles. The van der Waals surface area contributed by atoms with E-state index in [-0.39, 0.29) is 11.6 Å². The van der Waals surface area contributed by atoms with Gasteiger partial charge in [0, 0.05) is 10.7 Å². The lowest BCUT2D eigenvalue weighted by Gasteiger charge is -2.15. The molecule has 1 aromatic carbocycles. The van der Waals surface area contributed by atoms with Gasteiger partial charge in [0.1, 0.15) is 11.7 Å². The largest absolute Gasteiger partial charge is 0.321 e. The fourth-order valence-electron chi connectivity index (χ4n) is 3.19. The van der Waals surface area contributed by atoms with Gasteiger partial charge in [-0.15, -0.1) is 0 Å². The van der Waals surface area contributed by atoms with Gasteiger partial charge in [0.2, 0.25) is 5.91 Å². The molecule has 1 amide bonds. The molecule has 154 valence electrons. The molecule has 0 aliphatic carbocycles. The van der Waals surface area contributed by atoms with Gasteiger partial charge in [-0.2, -0.15) is 10.2 Å². The number of alkyl halides is 2. The minimum Gasteiger partial charge on any atom is -0.321 e. The molecule has 3 rings (SSSR count). The van der Waals surface area contributed by atoms with E-state index in [1.54, 1.807) is 31.5 Å². The maximum absolute atomic E-state index is 12.9. The zero-order valence-electron chi connectivity index (χ0n) is 16.6. The van der Waals surface area contributed by atoms with Crippen LogP contribution in [0.5, 0.6) is 0 Å². The molecule has 0 radical (unpaired) electrons. The van der Waals surface area contributed by atoms with Crippen LogP contribution in [0.2, 0.25) is 5.02 Å². The number of hydrogen-bond acceptors (Lipinski definition) is 3. The molecular weight excluding hydrogens is 400 g/mol. The van der Waals surface area contributed by atoms with Crippen LogP contribution < -0.4 is 5.32 Å². The molecule has 6 nitrogen and oxygen atoms in total. The van der Waals surface area contributed by atoms with Crippen LogP contribution in [0, 0.1) is 20.8 Å². The van der Waals surface area contributed by atoms with Gasteiger partial charge in [-0.1, -0.05) is 23.7 Å². The molecule has 2 aromatic heterocycles. The van der Waals surface area contributed by atoms with Crippen molar-refractivity contribution < 1.29 is 13.6 Å². The summed E-state index contributed by atoms with van der Waals surface area (Å²) in [5.74, 6) is -0.356. The third kappa shape index (κ3) is 4.48. The molecule has 0 aliphatic rings. The van der Waals surface area contributed by atoms with E-state index < -0.39 is 12.5 Å². The standard InChI is InChI=1S/C20H22ClF2N5O/c1-11-8-17(19(22)23)26-28(11)14(4)20(29)24-18-12(2)25-27(13(18)3)10-15-6-5-7-16(21)9-15/h5-9,14,19H,10H2,1-4H3,(H,24,29). The van der Waals surface area contributed by atoms with Gasteiger partial charge in [-0.25, -0.2) is 8.78 Å². The summed E-state index contributed by atoms with van der Waals surface area (Å²) in [7, 11) is 0. The summed E-state index contributed by atoms with van der Waals surface area (Å²) in [5.41, 5.74) is 3.18. The van der Waals surface area contributed by atoms with Crippen LogP contribution >= 0.6 is 11.6 Å². The molecule has 1 atom stereocenters. The Balaban J connectivity index is 1.79. The number of carbonyl (C=O) groups is 1. The topological polar surface area (TPSA) is 64.7 Å². The van der Waals surface area contributed by atoms with Crippen LogP contribution in [-0.2, 0) is 11.3 Å². The molecule has 0 fully saturated rings. The summed E-state index contributed by atoms with van der Waals surface area (Å²) in [6.07, 6.45) is -2.68. The van der Waals surface area contributed by atoms with E-state index in [2.05, 4.69) is 15.5 Å². The zero-order chi connectivity index (χ0) is 21.3. The third-order valence-electron chi connectivity index (χ3n) is 4.76. The minimum atomic E-state index is -2.68. The highest BCUT2D eigenvalue weighted by molar-refractivity contribution is 6.30. The smallest absolute Gasteiger partial charge is 0.282 e. The molecule has 1 N–H and O–H groups in total. The summed E-state index contributed by atoms with van der Waals surface area (Å²) < 4.78 is 28.9. The monoisotopic (exact) mass is 421 g/mol. The summed E-state index contributed by atoms with van der Waals surface area (Å²) in [6, 6.07) is 8.01. The maximum Gasteiger partial charge on any atom is 0.282 e. The SMILES string of the molecule is Cc1nn(Cc2cccc(Cl)c2)c(C)c1NC(=O)C(C)n1nc(C(F)F)cc1C. The quantitative estimate of drug-likeness (QED) is 0.619. The Morgan fingerprint density at radius 3 is 2.55 bits per heavy atom. The van der Waals surface area contributed by atoms with E-state index in [1.165, 1.54) is 10.7 Å². The predicted octanol–water partition coefficient (Wildman–Crippen LogP) is 4.84. The van der Waals surface area contributed by atoms with Gasteiger partial charge >= 0.3 is 0 Å². The van der Waals surface area contributed by atoms with E-state index in [1.807, 2.05) is 25.1 Å². The van der Waals surface area contributed by atoms with Crippen LogP contribution in [0.4, 0.5) is 14.5 Å². The minimum absolute atomic E-state index is 0.344. The number of rotatable bonds is 6. The highest BCUT2D eigenvalue weighted by Gasteiger charge is 2.23. The van der Waals surface area contributed by atoms with Crippen LogP contribution in [0.15, 0.2) is 30.3 Å². The second-order valence-electron chi connectivity index (χ2n) is 6.95. The van der Waals surface area contributed by atoms with Crippen LogP contribution in [0.25, 0.3) is 0 Å². The average Bonchev–Trinajstić information content (AvgIpc) is 3.16. The Morgan fingerprint density at radius 1 is 1.21 bits per heavy atom. The van der Waals surface area contributed by atoms with Crippen molar-refractivity contribution in [3.63, 3.8) is 0 Å². The fraction of sp³-hybridized carbons (Fsp3) is 0.350. The number of amides is 1. The van der Waals surface area contributed by atoms with Gasteiger partial charge in [-0.05, 0) is 51.5 Å². The number of carbonyl (C=O) groups excluding carboxylic acids is 1. The number of hydrogen-bond donors (Lipinski definition) is 1.